The molecule has 3 rings (SSSR count). The summed E-state index contributed by atoms with van der Waals surface area (Å²) >= 11 is 0. The molecule has 1 N–H and O–H groups in total. The highest BCUT2D eigenvalue weighted by Crippen LogP contribution is 2.24. The fourth-order valence-electron chi connectivity index (χ4n) is 2.01. The molecular weight excluding hydrogens is 270 g/mol. The van der Waals surface area contributed by atoms with Gasteiger partial charge in [0.1, 0.15) is 11.5 Å². The van der Waals surface area contributed by atoms with Gasteiger partial charge in [-0.25, -0.2) is 0 Å². The van der Waals surface area contributed by atoms with E-state index in [9.17, 15) is 4.79 Å². The van der Waals surface area contributed by atoms with E-state index in [1.807, 2.05) is 37.3 Å². The van der Waals surface area contributed by atoms with Gasteiger partial charge in [0.15, 0.2) is 0 Å². The molecule has 0 radical (unpaired) electrons. The first-order valence-corrected chi connectivity index (χ1v) is 6.45. The zero-order chi connectivity index (χ0) is 14.7. The third-order valence-corrected chi connectivity index (χ3v) is 3.12. The lowest BCUT2D eigenvalue weighted by Gasteiger charge is -2.04. The van der Waals surface area contributed by atoms with Gasteiger partial charge in [-0.15, -0.1) is 0 Å². The monoisotopic (exact) mass is 283 g/mol. The van der Waals surface area contributed by atoms with Crippen molar-refractivity contribution in [2.45, 2.75) is 13.5 Å². The molecule has 0 unspecified atom stereocenters. The van der Waals surface area contributed by atoms with E-state index in [4.69, 9.17) is 9.05 Å². The Morgan fingerprint density at radius 1 is 1.19 bits per heavy atom. The third kappa shape index (κ3) is 2.69. The molecule has 0 fully saturated rings. The van der Waals surface area contributed by atoms with Crippen molar-refractivity contribution in [2.24, 2.45) is 0 Å². The Balaban J connectivity index is 1.80. The van der Waals surface area contributed by atoms with Gasteiger partial charge in [-0.3, -0.25) is 4.79 Å². The van der Waals surface area contributed by atoms with Crippen molar-refractivity contribution in [3.05, 3.63) is 59.7 Å². The normalized spacial score (nSPS) is 10.5. The summed E-state index contributed by atoms with van der Waals surface area (Å²) in [4.78, 5) is 11.9. The van der Waals surface area contributed by atoms with Crippen molar-refractivity contribution >= 4 is 5.91 Å². The van der Waals surface area contributed by atoms with Crippen LogP contribution in [-0.2, 0) is 6.54 Å². The average molecular weight is 283 g/mol. The molecule has 0 spiro atoms. The minimum absolute atomic E-state index is 0.172. The molecule has 1 aromatic carbocycles. The van der Waals surface area contributed by atoms with Gasteiger partial charge in [0, 0.05) is 23.7 Å². The molecule has 6 heteroatoms. The highest BCUT2D eigenvalue weighted by atomic mass is 16.5. The van der Waals surface area contributed by atoms with Crippen LogP contribution < -0.4 is 5.32 Å². The van der Waals surface area contributed by atoms with Crippen molar-refractivity contribution < 1.29 is 13.8 Å². The first-order chi connectivity index (χ1) is 10.3. The van der Waals surface area contributed by atoms with Crippen LogP contribution in [0.25, 0.3) is 11.3 Å². The zero-order valence-corrected chi connectivity index (χ0v) is 11.4. The molecule has 0 saturated carbocycles. The number of carbonyl (C=O) groups is 1. The summed E-state index contributed by atoms with van der Waals surface area (Å²) in [7, 11) is 0. The summed E-state index contributed by atoms with van der Waals surface area (Å²) in [6.07, 6.45) is 1.43. The van der Waals surface area contributed by atoms with Crippen molar-refractivity contribution in [1.29, 1.82) is 0 Å². The van der Waals surface area contributed by atoms with Gasteiger partial charge in [-0.2, -0.15) is 0 Å². The molecule has 3 aromatic rings. The molecule has 2 aromatic heterocycles. The lowest BCUT2D eigenvalue weighted by Crippen LogP contribution is -2.22. The van der Waals surface area contributed by atoms with Gasteiger partial charge in [-0.1, -0.05) is 40.6 Å². The van der Waals surface area contributed by atoms with Crippen LogP contribution in [0.1, 0.15) is 21.9 Å². The van der Waals surface area contributed by atoms with Crippen LogP contribution in [0, 0.1) is 6.92 Å². The van der Waals surface area contributed by atoms with Crippen LogP contribution in [0.15, 0.2) is 51.6 Å². The smallest absolute Gasteiger partial charge is 0.290 e. The number of rotatable bonds is 4. The number of amides is 1. The minimum Gasteiger partial charge on any atom is -0.361 e. The third-order valence-electron chi connectivity index (χ3n) is 3.12. The molecule has 0 aliphatic carbocycles. The summed E-state index contributed by atoms with van der Waals surface area (Å²) in [5, 5.41) is 10.3. The first kappa shape index (κ1) is 13.1. The van der Waals surface area contributed by atoms with Crippen LogP contribution in [0.3, 0.4) is 0 Å². The predicted octanol–water partition coefficient (Wildman–Crippen LogP) is 2.57. The lowest BCUT2D eigenvalue weighted by molar-refractivity contribution is 0.0914. The number of aryl methyl sites for hydroxylation is 1. The number of benzene rings is 1. The molecule has 0 bridgehead atoms. The highest BCUT2D eigenvalue weighted by molar-refractivity contribution is 5.91. The topological polar surface area (TPSA) is 81.2 Å². The number of hydrogen-bond donors (Lipinski definition) is 1. The van der Waals surface area contributed by atoms with E-state index in [0.29, 0.717) is 12.3 Å². The fraction of sp³-hybridized carbons (Fsp3) is 0.133. The van der Waals surface area contributed by atoms with E-state index in [-0.39, 0.29) is 11.7 Å². The Morgan fingerprint density at radius 3 is 2.71 bits per heavy atom. The molecule has 0 atom stereocenters. The number of nitrogens with zero attached hydrogens (tertiary/aromatic N) is 2. The lowest BCUT2D eigenvalue weighted by atomic mass is 10.1. The quantitative estimate of drug-likeness (QED) is 0.795. The molecular formula is C15H13N3O3. The number of nitrogens with one attached hydrogen (secondary N) is 1. The number of hydrogen-bond acceptors (Lipinski definition) is 5. The van der Waals surface area contributed by atoms with Crippen molar-refractivity contribution in [2.75, 3.05) is 0 Å². The number of aromatic nitrogens is 2. The Bertz CT molecular complexity index is 733. The average Bonchev–Trinajstić information content (AvgIpc) is 3.16. The summed E-state index contributed by atoms with van der Waals surface area (Å²) in [6, 6.07) is 11.2. The second-order valence-electron chi connectivity index (χ2n) is 4.49. The molecule has 0 aliphatic rings. The summed E-state index contributed by atoms with van der Waals surface area (Å²) in [5.74, 6) is 0.518. The van der Waals surface area contributed by atoms with E-state index >= 15 is 0 Å². The van der Waals surface area contributed by atoms with Gasteiger partial charge in [-0.05, 0) is 6.92 Å². The maximum absolute atomic E-state index is 11.9. The van der Waals surface area contributed by atoms with Crippen LogP contribution >= 0.6 is 0 Å². The standard InChI is InChI=1S/C15H13N3O3/c1-10-12(9-16-15(19)13-7-8-17-21-13)14(18-20-10)11-5-3-2-4-6-11/h2-8H,9H2,1H3,(H,16,19). The molecule has 106 valence electrons. The Hall–Kier alpha value is -2.89. The van der Waals surface area contributed by atoms with Gasteiger partial charge >= 0.3 is 0 Å². The van der Waals surface area contributed by atoms with Crippen LogP contribution in [-0.4, -0.2) is 16.2 Å². The SMILES string of the molecule is Cc1onc(-c2ccccc2)c1CNC(=O)c1ccno1. The summed E-state index contributed by atoms with van der Waals surface area (Å²) < 4.78 is 10.0. The fourth-order valence-corrected chi connectivity index (χ4v) is 2.01. The summed E-state index contributed by atoms with van der Waals surface area (Å²) in [6.45, 7) is 2.12. The number of carbonyl (C=O) groups excluding carboxylic acids is 1. The second-order valence-corrected chi connectivity index (χ2v) is 4.49. The minimum atomic E-state index is -0.327. The first-order valence-electron chi connectivity index (χ1n) is 6.45. The van der Waals surface area contributed by atoms with Crippen LogP contribution in [0.5, 0.6) is 0 Å². The maximum atomic E-state index is 11.9. The molecule has 0 saturated heterocycles. The van der Waals surface area contributed by atoms with Crippen molar-refractivity contribution in [3.63, 3.8) is 0 Å². The molecule has 2 heterocycles. The van der Waals surface area contributed by atoms with Crippen molar-refractivity contribution in [3.8, 4) is 11.3 Å². The maximum Gasteiger partial charge on any atom is 0.290 e. The van der Waals surface area contributed by atoms with Gasteiger partial charge in [0.25, 0.3) is 5.91 Å². The summed E-state index contributed by atoms with van der Waals surface area (Å²) in [5.41, 5.74) is 2.51. The predicted molar refractivity (Wildman–Crippen MR) is 74.3 cm³/mol. The molecule has 1 amide bonds. The van der Waals surface area contributed by atoms with E-state index < -0.39 is 0 Å². The second kappa shape index (κ2) is 5.62. The molecule has 6 nitrogen and oxygen atoms in total. The Labute approximate surface area is 120 Å². The molecule has 0 aliphatic heterocycles. The van der Waals surface area contributed by atoms with Gasteiger partial charge in [0.05, 0.1) is 6.20 Å². The van der Waals surface area contributed by atoms with E-state index in [1.54, 1.807) is 0 Å². The van der Waals surface area contributed by atoms with Crippen molar-refractivity contribution in [1.82, 2.24) is 15.6 Å². The van der Waals surface area contributed by atoms with Gasteiger partial charge in [0.2, 0.25) is 5.76 Å². The van der Waals surface area contributed by atoms with Crippen LogP contribution in [0.4, 0.5) is 0 Å². The Kier molecular flexibility index (Phi) is 3.51. The molecule has 21 heavy (non-hydrogen) atoms. The largest absolute Gasteiger partial charge is 0.361 e. The van der Waals surface area contributed by atoms with Crippen LogP contribution in [0.2, 0.25) is 0 Å². The Morgan fingerprint density at radius 2 is 2.00 bits per heavy atom. The van der Waals surface area contributed by atoms with Gasteiger partial charge < -0.3 is 14.4 Å². The van der Waals surface area contributed by atoms with E-state index in [0.717, 1.165) is 16.8 Å². The highest BCUT2D eigenvalue weighted by Gasteiger charge is 2.16. The zero-order valence-electron chi connectivity index (χ0n) is 11.4. The van der Waals surface area contributed by atoms with E-state index in [1.165, 1.54) is 12.3 Å². The van der Waals surface area contributed by atoms with E-state index in [2.05, 4.69) is 15.6 Å².